The molecule has 1 heterocycles. The second-order valence-electron chi connectivity index (χ2n) is 4.67. The van der Waals surface area contributed by atoms with Crippen LogP contribution >= 0.6 is 11.8 Å². The van der Waals surface area contributed by atoms with Gasteiger partial charge < -0.3 is 19.1 Å². The first-order valence-electron chi connectivity index (χ1n) is 7.27. The fourth-order valence-corrected chi connectivity index (χ4v) is 2.90. The smallest absolute Gasteiger partial charge is 0.168 e. The number of imidazole rings is 1. The van der Waals surface area contributed by atoms with Crippen molar-refractivity contribution in [2.24, 2.45) is 0 Å². The van der Waals surface area contributed by atoms with E-state index in [4.69, 9.17) is 9.47 Å². The SMILES string of the molecule is CCOCCSc1ncc(CO)n1Cc1ccc(OC)cc1. The Balaban J connectivity index is 2.08. The van der Waals surface area contributed by atoms with E-state index in [0.29, 0.717) is 13.2 Å². The minimum absolute atomic E-state index is 0.0187. The molecule has 22 heavy (non-hydrogen) atoms. The molecule has 0 unspecified atom stereocenters. The quantitative estimate of drug-likeness (QED) is 0.568. The van der Waals surface area contributed by atoms with E-state index >= 15 is 0 Å². The molecule has 0 bridgehead atoms. The fraction of sp³-hybridized carbons (Fsp3) is 0.438. The molecular weight excluding hydrogens is 300 g/mol. The van der Waals surface area contributed by atoms with Gasteiger partial charge >= 0.3 is 0 Å². The lowest BCUT2D eigenvalue weighted by Gasteiger charge is -2.11. The normalized spacial score (nSPS) is 10.9. The first kappa shape index (κ1) is 16.9. The summed E-state index contributed by atoms with van der Waals surface area (Å²) < 4.78 is 12.6. The van der Waals surface area contributed by atoms with Crippen molar-refractivity contribution in [2.45, 2.75) is 25.2 Å². The minimum atomic E-state index is -0.0187. The Bertz CT molecular complexity index is 569. The molecule has 1 N–H and O–H groups in total. The average Bonchev–Trinajstić information content (AvgIpc) is 2.94. The zero-order valence-corrected chi connectivity index (χ0v) is 13.8. The molecule has 0 aliphatic rings. The minimum Gasteiger partial charge on any atom is -0.497 e. The van der Waals surface area contributed by atoms with Gasteiger partial charge in [0.2, 0.25) is 0 Å². The van der Waals surface area contributed by atoms with Crippen LogP contribution in [0.2, 0.25) is 0 Å². The molecule has 0 saturated heterocycles. The van der Waals surface area contributed by atoms with E-state index in [9.17, 15) is 5.11 Å². The summed E-state index contributed by atoms with van der Waals surface area (Å²) in [6.45, 7) is 4.07. The van der Waals surface area contributed by atoms with Gasteiger partial charge in [0.15, 0.2) is 5.16 Å². The largest absolute Gasteiger partial charge is 0.497 e. The van der Waals surface area contributed by atoms with Crippen molar-refractivity contribution in [3.8, 4) is 5.75 Å². The molecule has 0 aliphatic carbocycles. The highest BCUT2D eigenvalue weighted by molar-refractivity contribution is 7.99. The molecule has 2 rings (SSSR count). The van der Waals surface area contributed by atoms with Crippen molar-refractivity contribution in [2.75, 3.05) is 26.1 Å². The Labute approximate surface area is 135 Å². The number of aromatic nitrogens is 2. The van der Waals surface area contributed by atoms with Crippen molar-refractivity contribution in [1.29, 1.82) is 0 Å². The number of nitrogens with zero attached hydrogens (tertiary/aromatic N) is 2. The van der Waals surface area contributed by atoms with Gasteiger partial charge in [-0.2, -0.15) is 0 Å². The van der Waals surface area contributed by atoms with E-state index in [1.165, 1.54) is 0 Å². The molecule has 0 amide bonds. The van der Waals surface area contributed by atoms with E-state index in [0.717, 1.165) is 34.5 Å². The average molecular weight is 322 g/mol. The summed E-state index contributed by atoms with van der Waals surface area (Å²) in [7, 11) is 1.65. The summed E-state index contributed by atoms with van der Waals surface area (Å²) in [5.74, 6) is 1.68. The molecule has 0 atom stereocenters. The first-order chi connectivity index (χ1) is 10.8. The van der Waals surface area contributed by atoms with Crippen LogP contribution in [0.4, 0.5) is 0 Å². The van der Waals surface area contributed by atoms with Crippen LogP contribution in [-0.4, -0.2) is 40.7 Å². The summed E-state index contributed by atoms with van der Waals surface area (Å²) in [6.07, 6.45) is 1.73. The van der Waals surface area contributed by atoms with E-state index in [1.54, 1.807) is 25.1 Å². The van der Waals surface area contributed by atoms with Gasteiger partial charge in [0.05, 0.1) is 32.2 Å². The standard InChI is InChI=1S/C16H22N2O3S/c1-3-21-8-9-22-16-17-10-14(12-19)18(16)11-13-4-6-15(20-2)7-5-13/h4-7,10,19H,3,8-9,11-12H2,1-2H3. The number of thioether (sulfide) groups is 1. The van der Waals surface area contributed by atoms with Crippen LogP contribution in [0.15, 0.2) is 35.6 Å². The number of rotatable bonds is 9. The van der Waals surface area contributed by atoms with Crippen molar-refractivity contribution >= 4 is 11.8 Å². The number of aliphatic hydroxyl groups excluding tert-OH is 1. The van der Waals surface area contributed by atoms with Crippen LogP contribution in [0.3, 0.4) is 0 Å². The molecular formula is C16H22N2O3S. The zero-order valence-electron chi connectivity index (χ0n) is 13.0. The summed E-state index contributed by atoms with van der Waals surface area (Å²) in [5.41, 5.74) is 1.95. The number of hydrogen-bond acceptors (Lipinski definition) is 5. The summed E-state index contributed by atoms with van der Waals surface area (Å²) in [6, 6.07) is 7.92. The lowest BCUT2D eigenvalue weighted by Crippen LogP contribution is -2.07. The Hall–Kier alpha value is -1.50. The van der Waals surface area contributed by atoms with Crippen molar-refractivity contribution in [3.63, 3.8) is 0 Å². The molecule has 2 aromatic rings. The van der Waals surface area contributed by atoms with Crippen molar-refractivity contribution in [1.82, 2.24) is 9.55 Å². The lowest BCUT2D eigenvalue weighted by molar-refractivity contribution is 0.164. The van der Waals surface area contributed by atoms with Gasteiger partial charge in [-0.1, -0.05) is 23.9 Å². The maximum Gasteiger partial charge on any atom is 0.168 e. The van der Waals surface area contributed by atoms with Gasteiger partial charge in [-0.15, -0.1) is 0 Å². The van der Waals surface area contributed by atoms with E-state index in [1.807, 2.05) is 35.8 Å². The maximum absolute atomic E-state index is 9.49. The number of aliphatic hydroxyl groups is 1. The molecule has 0 fully saturated rings. The van der Waals surface area contributed by atoms with Crippen molar-refractivity contribution in [3.05, 3.63) is 41.7 Å². The van der Waals surface area contributed by atoms with Crippen LogP contribution < -0.4 is 4.74 Å². The summed E-state index contributed by atoms with van der Waals surface area (Å²) >= 11 is 1.64. The van der Waals surface area contributed by atoms with Gasteiger partial charge in [0.1, 0.15) is 5.75 Å². The molecule has 6 heteroatoms. The van der Waals surface area contributed by atoms with E-state index in [-0.39, 0.29) is 6.61 Å². The van der Waals surface area contributed by atoms with Gasteiger partial charge in [0.25, 0.3) is 0 Å². The van der Waals surface area contributed by atoms with E-state index < -0.39 is 0 Å². The van der Waals surface area contributed by atoms with Gasteiger partial charge in [-0.25, -0.2) is 4.98 Å². The molecule has 0 radical (unpaired) electrons. The van der Waals surface area contributed by atoms with Crippen LogP contribution in [0.5, 0.6) is 5.75 Å². The number of hydrogen-bond donors (Lipinski definition) is 1. The number of methoxy groups -OCH3 is 1. The fourth-order valence-electron chi connectivity index (χ4n) is 2.05. The maximum atomic E-state index is 9.49. The Kier molecular flexibility index (Phi) is 6.76. The number of benzene rings is 1. The molecule has 0 spiro atoms. The highest BCUT2D eigenvalue weighted by Gasteiger charge is 2.10. The third-order valence-electron chi connectivity index (χ3n) is 3.23. The first-order valence-corrected chi connectivity index (χ1v) is 8.25. The second kappa shape index (κ2) is 8.82. The third-order valence-corrected chi connectivity index (χ3v) is 4.18. The summed E-state index contributed by atoms with van der Waals surface area (Å²) in [4.78, 5) is 4.40. The zero-order chi connectivity index (χ0) is 15.8. The van der Waals surface area contributed by atoms with Gasteiger partial charge in [-0.05, 0) is 24.6 Å². The predicted molar refractivity (Wildman–Crippen MR) is 87.5 cm³/mol. The predicted octanol–water partition coefficient (Wildman–Crippen LogP) is 2.56. The molecule has 1 aromatic heterocycles. The monoisotopic (exact) mass is 322 g/mol. The van der Waals surface area contributed by atoms with Gasteiger partial charge in [-0.3, -0.25) is 0 Å². The highest BCUT2D eigenvalue weighted by atomic mass is 32.2. The van der Waals surface area contributed by atoms with Crippen LogP contribution in [-0.2, 0) is 17.9 Å². The molecule has 0 aliphatic heterocycles. The highest BCUT2D eigenvalue weighted by Crippen LogP contribution is 2.21. The molecule has 120 valence electrons. The van der Waals surface area contributed by atoms with Crippen LogP contribution in [0.25, 0.3) is 0 Å². The Morgan fingerprint density at radius 1 is 1.27 bits per heavy atom. The Morgan fingerprint density at radius 2 is 2.05 bits per heavy atom. The van der Waals surface area contributed by atoms with Crippen LogP contribution in [0, 0.1) is 0 Å². The number of ether oxygens (including phenoxy) is 2. The molecule has 0 saturated carbocycles. The topological polar surface area (TPSA) is 56.5 Å². The van der Waals surface area contributed by atoms with Gasteiger partial charge in [0, 0.05) is 18.9 Å². The van der Waals surface area contributed by atoms with Crippen LogP contribution in [0.1, 0.15) is 18.2 Å². The Morgan fingerprint density at radius 3 is 2.68 bits per heavy atom. The second-order valence-corrected chi connectivity index (χ2v) is 5.73. The molecule has 5 nitrogen and oxygen atoms in total. The lowest BCUT2D eigenvalue weighted by atomic mass is 10.2. The molecule has 1 aromatic carbocycles. The van der Waals surface area contributed by atoms with E-state index in [2.05, 4.69) is 4.98 Å². The third kappa shape index (κ3) is 4.50. The van der Waals surface area contributed by atoms with Crippen molar-refractivity contribution < 1.29 is 14.6 Å². The summed E-state index contributed by atoms with van der Waals surface area (Å²) in [5, 5.41) is 10.4.